The monoisotopic (exact) mass is 303 g/mol. The minimum atomic E-state index is 0.687. The summed E-state index contributed by atoms with van der Waals surface area (Å²) in [5.74, 6) is 1.46. The van der Waals surface area contributed by atoms with E-state index in [0.29, 0.717) is 12.0 Å². The summed E-state index contributed by atoms with van der Waals surface area (Å²) < 4.78 is 0. The van der Waals surface area contributed by atoms with Crippen LogP contribution in [-0.2, 0) is 0 Å². The molecule has 1 aliphatic heterocycles. The molecule has 1 heteroatoms. The van der Waals surface area contributed by atoms with E-state index in [1.54, 1.807) is 5.56 Å². The van der Waals surface area contributed by atoms with E-state index in [-0.39, 0.29) is 0 Å². The van der Waals surface area contributed by atoms with Crippen molar-refractivity contribution in [1.82, 2.24) is 4.90 Å². The maximum atomic E-state index is 2.61. The standard InChI is InChI=1S/C19H31N.C2H6/c1-6-15(4)19-8-7-18(13-16(19)5)17-9-11-20(12-10-17)14(2)3;1-2/h7-8,13-15,17H,6,9-12H2,1-5H3;1-2H3. The van der Waals surface area contributed by atoms with Gasteiger partial charge in [-0.15, -0.1) is 0 Å². The average molecular weight is 304 g/mol. The van der Waals surface area contributed by atoms with Gasteiger partial charge in [0.2, 0.25) is 0 Å². The summed E-state index contributed by atoms with van der Waals surface area (Å²) in [6, 6.07) is 7.93. The van der Waals surface area contributed by atoms with Gasteiger partial charge < -0.3 is 4.90 Å². The van der Waals surface area contributed by atoms with Crippen LogP contribution in [0.5, 0.6) is 0 Å². The molecule has 1 saturated heterocycles. The Kier molecular flexibility index (Phi) is 8.17. The van der Waals surface area contributed by atoms with Gasteiger partial charge in [0, 0.05) is 6.04 Å². The van der Waals surface area contributed by atoms with Crippen molar-refractivity contribution in [3.05, 3.63) is 34.9 Å². The molecule has 1 atom stereocenters. The summed E-state index contributed by atoms with van der Waals surface area (Å²) in [6.45, 7) is 18.0. The zero-order valence-electron chi connectivity index (χ0n) is 15.9. The summed E-state index contributed by atoms with van der Waals surface area (Å²) in [7, 11) is 0. The van der Waals surface area contributed by atoms with Crippen molar-refractivity contribution in [1.29, 1.82) is 0 Å². The third kappa shape index (κ3) is 4.84. The summed E-state index contributed by atoms with van der Waals surface area (Å²) in [5.41, 5.74) is 4.59. The second-order valence-corrected chi connectivity index (χ2v) is 6.83. The molecular formula is C21H37N. The SMILES string of the molecule is CC.CCC(C)c1ccc(C2CCN(C(C)C)CC2)cc1C. The normalized spacial score (nSPS) is 18.0. The first kappa shape index (κ1) is 19.2. The Balaban J connectivity index is 0.00000116. The first-order valence-electron chi connectivity index (χ1n) is 9.37. The van der Waals surface area contributed by atoms with Crippen LogP contribution in [0, 0.1) is 6.92 Å². The molecule has 0 aliphatic carbocycles. The number of hydrogen-bond donors (Lipinski definition) is 0. The predicted octanol–water partition coefficient (Wildman–Crippen LogP) is 6.12. The highest BCUT2D eigenvalue weighted by Crippen LogP contribution is 2.31. The first-order chi connectivity index (χ1) is 10.5. The molecule has 1 aromatic carbocycles. The Bertz CT molecular complexity index is 428. The Hall–Kier alpha value is -0.820. The Morgan fingerprint density at radius 2 is 1.68 bits per heavy atom. The van der Waals surface area contributed by atoms with Crippen molar-refractivity contribution >= 4 is 0 Å². The lowest BCUT2D eigenvalue weighted by Crippen LogP contribution is -2.37. The minimum Gasteiger partial charge on any atom is -0.301 e. The van der Waals surface area contributed by atoms with E-state index in [4.69, 9.17) is 0 Å². The highest BCUT2D eigenvalue weighted by Gasteiger charge is 2.22. The fraction of sp³-hybridized carbons (Fsp3) is 0.714. The van der Waals surface area contributed by atoms with Gasteiger partial charge in [-0.1, -0.05) is 45.9 Å². The summed E-state index contributed by atoms with van der Waals surface area (Å²) in [6.07, 6.45) is 3.87. The van der Waals surface area contributed by atoms with Crippen LogP contribution in [0.2, 0.25) is 0 Å². The second kappa shape index (κ2) is 9.35. The molecule has 126 valence electrons. The van der Waals surface area contributed by atoms with Crippen LogP contribution in [0.1, 0.15) is 89.3 Å². The number of likely N-dealkylation sites (tertiary alicyclic amines) is 1. The number of hydrogen-bond acceptors (Lipinski definition) is 1. The first-order valence-corrected chi connectivity index (χ1v) is 9.37. The molecule has 0 amide bonds. The second-order valence-electron chi connectivity index (χ2n) is 6.83. The van der Waals surface area contributed by atoms with E-state index in [1.165, 1.54) is 43.5 Å². The van der Waals surface area contributed by atoms with Crippen molar-refractivity contribution in [2.24, 2.45) is 0 Å². The van der Waals surface area contributed by atoms with Crippen molar-refractivity contribution < 1.29 is 0 Å². The van der Waals surface area contributed by atoms with E-state index >= 15 is 0 Å². The fourth-order valence-corrected chi connectivity index (χ4v) is 3.47. The quantitative estimate of drug-likeness (QED) is 0.647. The Morgan fingerprint density at radius 3 is 2.14 bits per heavy atom. The van der Waals surface area contributed by atoms with E-state index in [9.17, 15) is 0 Å². The van der Waals surface area contributed by atoms with Crippen LogP contribution in [-0.4, -0.2) is 24.0 Å². The van der Waals surface area contributed by atoms with E-state index < -0.39 is 0 Å². The van der Waals surface area contributed by atoms with E-state index in [1.807, 2.05) is 13.8 Å². The van der Waals surface area contributed by atoms with Crippen molar-refractivity contribution in [2.45, 2.75) is 85.6 Å². The van der Waals surface area contributed by atoms with Gasteiger partial charge in [0.05, 0.1) is 0 Å². The van der Waals surface area contributed by atoms with Gasteiger partial charge in [-0.05, 0) is 81.6 Å². The smallest absolute Gasteiger partial charge is 0.00385 e. The van der Waals surface area contributed by atoms with E-state index in [0.717, 1.165) is 5.92 Å². The molecule has 1 fully saturated rings. The molecule has 0 saturated carbocycles. The van der Waals surface area contributed by atoms with Gasteiger partial charge in [0.1, 0.15) is 0 Å². The minimum absolute atomic E-state index is 0.687. The van der Waals surface area contributed by atoms with Gasteiger partial charge >= 0.3 is 0 Å². The lowest BCUT2D eigenvalue weighted by molar-refractivity contribution is 0.172. The molecule has 1 heterocycles. The molecule has 0 radical (unpaired) electrons. The van der Waals surface area contributed by atoms with Crippen LogP contribution in [0.15, 0.2) is 18.2 Å². The summed E-state index contributed by atoms with van der Waals surface area (Å²) >= 11 is 0. The van der Waals surface area contributed by atoms with Crippen LogP contribution >= 0.6 is 0 Å². The molecule has 1 nitrogen and oxygen atoms in total. The number of benzene rings is 1. The lowest BCUT2D eigenvalue weighted by atomic mass is 9.85. The average Bonchev–Trinajstić information content (AvgIpc) is 2.56. The molecule has 22 heavy (non-hydrogen) atoms. The largest absolute Gasteiger partial charge is 0.301 e. The maximum absolute atomic E-state index is 2.61. The van der Waals surface area contributed by atoms with Crippen LogP contribution < -0.4 is 0 Å². The van der Waals surface area contributed by atoms with Crippen molar-refractivity contribution in [3.63, 3.8) is 0 Å². The number of aryl methyl sites for hydroxylation is 1. The number of piperidine rings is 1. The third-order valence-electron chi connectivity index (χ3n) is 5.17. The molecule has 2 rings (SSSR count). The third-order valence-corrected chi connectivity index (χ3v) is 5.17. The Labute approximate surface area is 139 Å². The van der Waals surface area contributed by atoms with Crippen molar-refractivity contribution in [2.75, 3.05) is 13.1 Å². The van der Waals surface area contributed by atoms with Gasteiger partial charge in [-0.25, -0.2) is 0 Å². The number of nitrogens with zero attached hydrogens (tertiary/aromatic N) is 1. The van der Waals surface area contributed by atoms with Gasteiger partial charge in [0.15, 0.2) is 0 Å². The van der Waals surface area contributed by atoms with Crippen LogP contribution in [0.4, 0.5) is 0 Å². The topological polar surface area (TPSA) is 3.24 Å². The van der Waals surface area contributed by atoms with Gasteiger partial charge in [-0.3, -0.25) is 0 Å². The molecule has 1 unspecified atom stereocenters. The highest BCUT2D eigenvalue weighted by molar-refractivity contribution is 5.35. The lowest BCUT2D eigenvalue weighted by Gasteiger charge is -2.35. The predicted molar refractivity (Wildman–Crippen MR) is 99.9 cm³/mol. The highest BCUT2D eigenvalue weighted by atomic mass is 15.1. The van der Waals surface area contributed by atoms with Crippen molar-refractivity contribution in [3.8, 4) is 0 Å². The van der Waals surface area contributed by atoms with E-state index in [2.05, 4.69) is 57.7 Å². The summed E-state index contributed by atoms with van der Waals surface area (Å²) in [4.78, 5) is 2.61. The molecule has 0 N–H and O–H groups in total. The molecule has 1 aromatic rings. The molecular weight excluding hydrogens is 266 g/mol. The van der Waals surface area contributed by atoms with Crippen LogP contribution in [0.3, 0.4) is 0 Å². The summed E-state index contributed by atoms with van der Waals surface area (Å²) in [5, 5.41) is 0. The zero-order valence-corrected chi connectivity index (χ0v) is 15.9. The van der Waals surface area contributed by atoms with Crippen LogP contribution in [0.25, 0.3) is 0 Å². The Morgan fingerprint density at radius 1 is 1.09 bits per heavy atom. The van der Waals surface area contributed by atoms with Gasteiger partial charge in [0.25, 0.3) is 0 Å². The molecule has 1 aliphatic rings. The van der Waals surface area contributed by atoms with Gasteiger partial charge in [-0.2, -0.15) is 0 Å². The molecule has 0 bridgehead atoms. The fourth-order valence-electron chi connectivity index (χ4n) is 3.47. The molecule has 0 aromatic heterocycles. The number of rotatable bonds is 4. The zero-order chi connectivity index (χ0) is 16.7. The molecule has 0 spiro atoms. The maximum Gasteiger partial charge on any atom is 0.00385 e.